The predicted octanol–water partition coefficient (Wildman–Crippen LogP) is 3.13. The summed E-state index contributed by atoms with van der Waals surface area (Å²) < 4.78 is 13.4. The van der Waals surface area contributed by atoms with Crippen molar-refractivity contribution < 1.29 is 19.1 Å². The van der Waals surface area contributed by atoms with Crippen molar-refractivity contribution in [3.8, 4) is 11.3 Å². The summed E-state index contributed by atoms with van der Waals surface area (Å²) in [5.74, 6) is -0.510. The summed E-state index contributed by atoms with van der Waals surface area (Å²) in [7, 11) is 0. The molecule has 2 heterocycles. The van der Waals surface area contributed by atoms with Crippen LogP contribution in [-0.2, 0) is 0 Å². The van der Waals surface area contributed by atoms with Crippen molar-refractivity contribution in [2.24, 2.45) is 0 Å². The molecule has 2 amide bonds. The van der Waals surface area contributed by atoms with Gasteiger partial charge in [-0.1, -0.05) is 12.1 Å². The number of amides is 2. The van der Waals surface area contributed by atoms with Crippen molar-refractivity contribution in [1.82, 2.24) is 20.5 Å². The first-order valence-electron chi connectivity index (χ1n) is 9.98. The summed E-state index contributed by atoms with van der Waals surface area (Å²) in [6.07, 6.45) is 2.07. The van der Waals surface area contributed by atoms with Crippen LogP contribution in [0.2, 0.25) is 0 Å². The highest BCUT2D eigenvalue weighted by Crippen LogP contribution is 2.19. The van der Waals surface area contributed by atoms with Crippen molar-refractivity contribution in [1.29, 1.82) is 0 Å². The predicted molar refractivity (Wildman–Crippen MR) is 112 cm³/mol. The van der Waals surface area contributed by atoms with Crippen LogP contribution in [0.25, 0.3) is 11.3 Å². The fourth-order valence-corrected chi connectivity index (χ4v) is 3.74. The fourth-order valence-electron chi connectivity index (χ4n) is 3.74. The van der Waals surface area contributed by atoms with E-state index in [9.17, 15) is 14.0 Å². The molecule has 1 aliphatic heterocycles. The number of hydrogen-bond donors (Lipinski definition) is 3. The van der Waals surface area contributed by atoms with E-state index in [0.29, 0.717) is 23.4 Å². The first-order chi connectivity index (χ1) is 14.2. The van der Waals surface area contributed by atoms with Crippen LogP contribution < -0.4 is 10.6 Å². The zero-order valence-corrected chi connectivity index (χ0v) is 17.2. The molecule has 1 aromatic carbocycles. The number of benzene rings is 1. The molecule has 0 spiro atoms. The number of carboxylic acid groups (broad SMARTS) is 1. The molecule has 0 radical (unpaired) electrons. The third-order valence-electron chi connectivity index (χ3n) is 5.13. The average Bonchev–Trinajstić information content (AvgIpc) is 2.68. The van der Waals surface area contributed by atoms with Gasteiger partial charge in [-0.2, -0.15) is 0 Å². The van der Waals surface area contributed by atoms with Crippen LogP contribution >= 0.6 is 0 Å². The molecule has 2 aromatic rings. The number of carbonyl (C=O) groups is 2. The maximum absolute atomic E-state index is 13.4. The minimum absolute atomic E-state index is 0.0622. The maximum Gasteiger partial charge on any atom is 0.405 e. The van der Waals surface area contributed by atoms with Gasteiger partial charge < -0.3 is 20.6 Å². The summed E-state index contributed by atoms with van der Waals surface area (Å²) in [4.78, 5) is 29.9. The Morgan fingerprint density at radius 3 is 2.57 bits per heavy atom. The second-order valence-corrected chi connectivity index (χ2v) is 8.28. The number of piperidine rings is 1. The summed E-state index contributed by atoms with van der Waals surface area (Å²) in [6.45, 7) is 5.90. The number of likely N-dealkylation sites (tertiary alicyclic amines) is 1. The van der Waals surface area contributed by atoms with Crippen molar-refractivity contribution in [2.75, 3.05) is 19.6 Å². The third kappa shape index (κ3) is 6.00. The van der Waals surface area contributed by atoms with Gasteiger partial charge in [0.15, 0.2) is 0 Å². The molecule has 1 aromatic heterocycles. The van der Waals surface area contributed by atoms with Crippen LogP contribution in [0.4, 0.5) is 9.18 Å². The number of aromatic nitrogens is 1. The number of hydrogen-bond acceptors (Lipinski definition) is 4. The number of carbonyl (C=O) groups excluding carboxylic acids is 1. The number of halogens is 1. The Hall–Kier alpha value is -3.00. The first-order valence-corrected chi connectivity index (χ1v) is 9.98. The Labute approximate surface area is 175 Å². The lowest BCUT2D eigenvalue weighted by molar-refractivity contribution is 0.0897. The van der Waals surface area contributed by atoms with E-state index in [1.165, 1.54) is 18.3 Å². The summed E-state index contributed by atoms with van der Waals surface area (Å²) in [6, 6.07) is 9.64. The molecular formula is C22H27FN4O3. The summed E-state index contributed by atoms with van der Waals surface area (Å²) in [5.41, 5.74) is 1.20. The van der Waals surface area contributed by atoms with E-state index >= 15 is 0 Å². The summed E-state index contributed by atoms with van der Waals surface area (Å²) in [5, 5.41) is 14.5. The lowest BCUT2D eigenvalue weighted by Crippen LogP contribution is -2.54. The van der Waals surface area contributed by atoms with Crippen LogP contribution in [0.5, 0.6) is 0 Å². The van der Waals surface area contributed by atoms with Crippen molar-refractivity contribution in [3.05, 3.63) is 54.0 Å². The van der Waals surface area contributed by atoms with E-state index in [1.807, 2.05) is 13.8 Å². The first kappa shape index (κ1) is 21.7. The molecule has 0 bridgehead atoms. The molecule has 0 unspecified atom stereocenters. The summed E-state index contributed by atoms with van der Waals surface area (Å²) >= 11 is 0. The number of rotatable bonds is 6. The van der Waals surface area contributed by atoms with Gasteiger partial charge in [-0.3, -0.25) is 9.78 Å². The van der Waals surface area contributed by atoms with Gasteiger partial charge in [-0.05, 0) is 51.0 Å². The van der Waals surface area contributed by atoms with E-state index in [4.69, 9.17) is 5.11 Å². The molecule has 1 aliphatic rings. The van der Waals surface area contributed by atoms with Gasteiger partial charge in [0, 0.05) is 37.4 Å². The minimum atomic E-state index is -1.03. The lowest BCUT2D eigenvalue weighted by Gasteiger charge is -2.37. The third-order valence-corrected chi connectivity index (χ3v) is 5.13. The highest BCUT2D eigenvalue weighted by Gasteiger charge is 2.27. The molecule has 30 heavy (non-hydrogen) atoms. The molecule has 8 heteroatoms. The zero-order chi connectivity index (χ0) is 21.7. The average molecular weight is 414 g/mol. The molecule has 0 aliphatic carbocycles. The van der Waals surface area contributed by atoms with Crippen LogP contribution in [0.15, 0.2) is 42.6 Å². The van der Waals surface area contributed by atoms with E-state index in [2.05, 4.69) is 20.5 Å². The SMILES string of the molecule is CC(C)(CN1CCC(NC(=O)c2ccc(-c3cccc(F)c3)nc2)CC1)NC(=O)O. The highest BCUT2D eigenvalue weighted by atomic mass is 19.1. The Morgan fingerprint density at radius 1 is 1.23 bits per heavy atom. The number of pyridine rings is 1. The van der Waals surface area contributed by atoms with Gasteiger partial charge in [-0.15, -0.1) is 0 Å². The molecule has 3 rings (SSSR count). The minimum Gasteiger partial charge on any atom is -0.465 e. The van der Waals surface area contributed by atoms with Gasteiger partial charge >= 0.3 is 6.09 Å². The highest BCUT2D eigenvalue weighted by molar-refractivity contribution is 5.94. The fraction of sp³-hybridized carbons (Fsp3) is 0.409. The molecular weight excluding hydrogens is 387 g/mol. The Kier molecular flexibility index (Phi) is 6.66. The molecule has 0 atom stereocenters. The van der Waals surface area contributed by atoms with Crippen molar-refractivity contribution in [3.63, 3.8) is 0 Å². The number of nitrogens with zero attached hydrogens (tertiary/aromatic N) is 2. The Bertz CT molecular complexity index is 894. The molecule has 0 saturated carbocycles. The zero-order valence-electron chi connectivity index (χ0n) is 17.2. The second-order valence-electron chi connectivity index (χ2n) is 8.28. The van der Waals surface area contributed by atoms with Crippen molar-refractivity contribution >= 4 is 12.0 Å². The topological polar surface area (TPSA) is 94.6 Å². The quantitative estimate of drug-likeness (QED) is 0.675. The largest absolute Gasteiger partial charge is 0.465 e. The Morgan fingerprint density at radius 2 is 1.97 bits per heavy atom. The lowest BCUT2D eigenvalue weighted by atomic mass is 10.00. The van der Waals surface area contributed by atoms with Crippen LogP contribution in [0.3, 0.4) is 0 Å². The molecule has 160 valence electrons. The van der Waals surface area contributed by atoms with Crippen LogP contribution in [0.1, 0.15) is 37.0 Å². The number of nitrogens with one attached hydrogen (secondary N) is 2. The van der Waals surface area contributed by atoms with Gasteiger partial charge in [0.1, 0.15) is 5.82 Å². The second kappa shape index (κ2) is 9.21. The molecule has 3 N–H and O–H groups in total. The van der Waals surface area contributed by atoms with Crippen LogP contribution in [0, 0.1) is 5.82 Å². The van der Waals surface area contributed by atoms with E-state index in [-0.39, 0.29) is 17.8 Å². The normalized spacial score (nSPS) is 15.6. The van der Waals surface area contributed by atoms with Crippen LogP contribution in [-0.4, -0.2) is 58.2 Å². The van der Waals surface area contributed by atoms with Gasteiger partial charge in [0.05, 0.1) is 16.8 Å². The molecule has 7 nitrogen and oxygen atoms in total. The van der Waals surface area contributed by atoms with E-state index < -0.39 is 11.6 Å². The van der Waals surface area contributed by atoms with E-state index in [1.54, 1.807) is 24.3 Å². The maximum atomic E-state index is 13.4. The van der Waals surface area contributed by atoms with Gasteiger partial charge in [0.2, 0.25) is 0 Å². The van der Waals surface area contributed by atoms with Gasteiger partial charge in [-0.25, -0.2) is 9.18 Å². The molecule has 1 fully saturated rings. The molecule has 1 saturated heterocycles. The van der Waals surface area contributed by atoms with Crippen molar-refractivity contribution in [2.45, 2.75) is 38.3 Å². The Balaban J connectivity index is 1.50. The standard InChI is InChI=1S/C22H27FN4O3/c1-22(2,26-21(29)30)14-27-10-8-18(9-11-27)25-20(28)16-6-7-19(24-13-16)15-4-3-5-17(23)12-15/h3-7,12-13,18,26H,8-11,14H2,1-2H3,(H,25,28)(H,29,30). The monoisotopic (exact) mass is 414 g/mol. The smallest absolute Gasteiger partial charge is 0.405 e. The van der Waals surface area contributed by atoms with Gasteiger partial charge in [0.25, 0.3) is 5.91 Å². The van der Waals surface area contributed by atoms with E-state index in [0.717, 1.165) is 25.9 Å².